The molecule has 1 aromatic carbocycles. The van der Waals surface area contributed by atoms with Crippen molar-refractivity contribution in [1.29, 1.82) is 0 Å². The highest BCUT2D eigenvalue weighted by Gasteiger charge is 2.33. The maximum Gasteiger partial charge on any atom is 0.475 e. The molecular weight excluding hydrogens is 403 g/mol. The van der Waals surface area contributed by atoms with Crippen molar-refractivity contribution in [1.82, 2.24) is 10.6 Å². The van der Waals surface area contributed by atoms with Crippen molar-refractivity contribution in [2.24, 2.45) is 11.8 Å². The average molecular weight is 436 g/mol. The smallest absolute Gasteiger partial charge is 0.475 e. The van der Waals surface area contributed by atoms with Gasteiger partial charge in [-0.05, 0) is 43.7 Å². The Kier molecular flexibility index (Phi) is 9.15. The summed E-state index contributed by atoms with van der Waals surface area (Å²) in [5, 5.41) is 33.8. The molecule has 3 unspecified atom stereocenters. The van der Waals surface area contributed by atoms with E-state index in [1.807, 2.05) is 19.9 Å². The third-order valence-electron chi connectivity index (χ3n) is 5.58. The molecule has 0 spiro atoms. The molecule has 1 aliphatic carbocycles. The molecule has 0 aromatic heterocycles. The van der Waals surface area contributed by atoms with Crippen molar-refractivity contribution in [2.75, 3.05) is 20.8 Å². The molecule has 3 atom stereocenters. The Balaban J connectivity index is 2.07. The van der Waals surface area contributed by atoms with Crippen molar-refractivity contribution in [3.05, 3.63) is 23.3 Å². The third kappa shape index (κ3) is 6.35. The SMILES string of the molecule is COc1ccc(OC)c2c1CCC(C(=O)NC(CO)C(=O)NC(CC(C)C)B(O)O)C2. The van der Waals surface area contributed by atoms with E-state index >= 15 is 0 Å². The average Bonchev–Trinajstić information content (AvgIpc) is 2.74. The Hall–Kier alpha value is -2.30. The molecule has 0 radical (unpaired) electrons. The van der Waals surface area contributed by atoms with Gasteiger partial charge in [-0.15, -0.1) is 0 Å². The molecule has 0 saturated carbocycles. The van der Waals surface area contributed by atoms with Gasteiger partial charge in [0.1, 0.15) is 17.5 Å². The zero-order valence-corrected chi connectivity index (χ0v) is 18.6. The van der Waals surface area contributed by atoms with E-state index in [1.54, 1.807) is 20.3 Å². The van der Waals surface area contributed by atoms with E-state index in [-0.39, 0.29) is 11.8 Å². The number of fused-ring (bicyclic) bond motifs is 1. The monoisotopic (exact) mass is 436 g/mol. The second kappa shape index (κ2) is 11.4. The number of nitrogens with one attached hydrogen (secondary N) is 2. The Bertz CT molecular complexity index is 772. The number of amides is 2. The summed E-state index contributed by atoms with van der Waals surface area (Å²) in [5.74, 6) is -0.760. The maximum absolute atomic E-state index is 12.9. The van der Waals surface area contributed by atoms with Gasteiger partial charge in [0.25, 0.3) is 0 Å². The summed E-state index contributed by atoms with van der Waals surface area (Å²) >= 11 is 0. The van der Waals surface area contributed by atoms with Gasteiger partial charge in [-0.3, -0.25) is 9.59 Å². The Morgan fingerprint density at radius 1 is 1.13 bits per heavy atom. The van der Waals surface area contributed by atoms with E-state index in [9.17, 15) is 24.7 Å². The summed E-state index contributed by atoms with van der Waals surface area (Å²) in [4.78, 5) is 25.4. The molecule has 0 heterocycles. The van der Waals surface area contributed by atoms with Gasteiger partial charge in [-0.25, -0.2) is 0 Å². The molecule has 172 valence electrons. The Morgan fingerprint density at radius 2 is 1.74 bits per heavy atom. The first-order chi connectivity index (χ1) is 14.7. The first-order valence-electron chi connectivity index (χ1n) is 10.5. The highest BCUT2D eigenvalue weighted by molar-refractivity contribution is 6.43. The molecule has 0 bridgehead atoms. The van der Waals surface area contributed by atoms with Crippen LogP contribution in [0.15, 0.2) is 12.1 Å². The van der Waals surface area contributed by atoms with Crippen LogP contribution in [0.25, 0.3) is 0 Å². The van der Waals surface area contributed by atoms with Crippen LogP contribution in [0.1, 0.15) is 37.8 Å². The van der Waals surface area contributed by atoms with Crippen LogP contribution in [0.5, 0.6) is 11.5 Å². The van der Waals surface area contributed by atoms with E-state index < -0.39 is 37.5 Å². The highest BCUT2D eigenvalue weighted by Crippen LogP contribution is 2.38. The van der Waals surface area contributed by atoms with Crippen LogP contribution in [0.2, 0.25) is 0 Å². The number of benzene rings is 1. The van der Waals surface area contributed by atoms with E-state index in [0.717, 1.165) is 16.9 Å². The van der Waals surface area contributed by atoms with Gasteiger partial charge < -0.3 is 35.3 Å². The van der Waals surface area contributed by atoms with Gasteiger partial charge in [0, 0.05) is 17.0 Å². The van der Waals surface area contributed by atoms with Crippen LogP contribution in [-0.2, 0) is 22.4 Å². The van der Waals surface area contributed by atoms with Crippen LogP contribution in [0.3, 0.4) is 0 Å². The van der Waals surface area contributed by atoms with Crippen molar-refractivity contribution in [3.8, 4) is 11.5 Å². The second-order valence-electron chi connectivity index (χ2n) is 8.27. The second-order valence-corrected chi connectivity index (χ2v) is 8.27. The third-order valence-corrected chi connectivity index (χ3v) is 5.58. The number of ether oxygens (including phenoxy) is 2. The van der Waals surface area contributed by atoms with Crippen LogP contribution in [0, 0.1) is 11.8 Å². The van der Waals surface area contributed by atoms with Gasteiger partial charge >= 0.3 is 7.12 Å². The molecular formula is C21H33BN2O7. The number of aliphatic hydroxyl groups is 1. The minimum Gasteiger partial charge on any atom is -0.496 e. The molecule has 9 nitrogen and oxygen atoms in total. The van der Waals surface area contributed by atoms with E-state index in [1.165, 1.54) is 0 Å². The van der Waals surface area contributed by atoms with Crippen LogP contribution in [-0.4, -0.2) is 66.9 Å². The van der Waals surface area contributed by atoms with Crippen LogP contribution >= 0.6 is 0 Å². The van der Waals surface area contributed by atoms with Crippen LogP contribution < -0.4 is 20.1 Å². The number of hydrogen-bond donors (Lipinski definition) is 5. The van der Waals surface area contributed by atoms with Gasteiger partial charge in [-0.2, -0.15) is 0 Å². The molecule has 0 aliphatic heterocycles. The fourth-order valence-electron chi connectivity index (χ4n) is 3.95. The largest absolute Gasteiger partial charge is 0.496 e. The predicted molar refractivity (Wildman–Crippen MR) is 116 cm³/mol. The standard InChI is InChI=1S/C21H33BN2O7/c1-12(2)9-19(22(28)29)24-21(27)16(11-25)23-20(26)13-5-6-14-15(10-13)18(31-4)8-7-17(14)30-3/h7-8,12-13,16,19,25,28-29H,5-6,9-11H2,1-4H3,(H,23,26)(H,24,27). The number of carbonyl (C=O) groups excluding carboxylic acids is 2. The van der Waals surface area contributed by atoms with Crippen LogP contribution in [0.4, 0.5) is 0 Å². The number of methoxy groups -OCH3 is 2. The number of rotatable bonds is 10. The number of hydrogen-bond acceptors (Lipinski definition) is 7. The lowest BCUT2D eigenvalue weighted by atomic mass is 9.75. The Morgan fingerprint density at radius 3 is 2.26 bits per heavy atom. The lowest BCUT2D eigenvalue weighted by Gasteiger charge is -2.28. The summed E-state index contributed by atoms with van der Waals surface area (Å²) in [6, 6.07) is 2.46. The fraction of sp³-hybridized carbons (Fsp3) is 0.619. The lowest BCUT2D eigenvalue weighted by Crippen LogP contribution is -2.56. The molecule has 1 aromatic rings. The van der Waals surface area contributed by atoms with Gasteiger partial charge in [-0.1, -0.05) is 13.8 Å². The van der Waals surface area contributed by atoms with Crippen molar-refractivity contribution in [3.63, 3.8) is 0 Å². The van der Waals surface area contributed by atoms with Gasteiger partial charge in [0.05, 0.1) is 26.8 Å². The lowest BCUT2D eigenvalue weighted by molar-refractivity contribution is -0.132. The molecule has 0 saturated heterocycles. The number of carbonyl (C=O) groups is 2. The summed E-state index contributed by atoms with van der Waals surface area (Å²) in [6.45, 7) is 3.17. The highest BCUT2D eigenvalue weighted by atomic mass is 16.5. The Labute approximate surface area is 183 Å². The summed E-state index contributed by atoms with van der Waals surface area (Å²) in [6.07, 6.45) is 1.95. The van der Waals surface area contributed by atoms with E-state index in [2.05, 4.69) is 10.6 Å². The normalized spacial score (nSPS) is 17.4. The van der Waals surface area contributed by atoms with Crippen molar-refractivity contribution in [2.45, 2.75) is 51.5 Å². The van der Waals surface area contributed by atoms with Crippen molar-refractivity contribution >= 4 is 18.9 Å². The summed E-state index contributed by atoms with van der Waals surface area (Å²) in [5.41, 5.74) is 1.91. The van der Waals surface area contributed by atoms with Gasteiger partial charge in [0.2, 0.25) is 11.8 Å². The zero-order chi connectivity index (χ0) is 23.1. The molecule has 2 amide bonds. The summed E-state index contributed by atoms with van der Waals surface area (Å²) < 4.78 is 10.9. The summed E-state index contributed by atoms with van der Waals surface area (Å²) in [7, 11) is 1.43. The fourth-order valence-corrected chi connectivity index (χ4v) is 3.95. The molecule has 31 heavy (non-hydrogen) atoms. The first-order valence-corrected chi connectivity index (χ1v) is 10.5. The minimum absolute atomic E-state index is 0.114. The molecule has 1 aliphatic rings. The molecule has 5 N–H and O–H groups in total. The predicted octanol–water partition coefficient (Wildman–Crippen LogP) is -0.171. The topological polar surface area (TPSA) is 137 Å². The zero-order valence-electron chi connectivity index (χ0n) is 18.6. The molecule has 0 fully saturated rings. The molecule has 10 heteroatoms. The van der Waals surface area contributed by atoms with E-state index in [0.29, 0.717) is 31.4 Å². The maximum atomic E-state index is 12.9. The van der Waals surface area contributed by atoms with Gasteiger partial charge in [0.15, 0.2) is 0 Å². The first kappa shape index (κ1) is 25.0. The van der Waals surface area contributed by atoms with E-state index in [4.69, 9.17) is 9.47 Å². The van der Waals surface area contributed by atoms with Crippen molar-refractivity contribution < 1.29 is 34.2 Å². The number of aliphatic hydroxyl groups excluding tert-OH is 1. The molecule has 2 rings (SSSR count). The minimum atomic E-state index is -1.74. The quantitative estimate of drug-likeness (QED) is 0.321.